The van der Waals surface area contributed by atoms with Gasteiger partial charge in [-0.15, -0.1) is 0 Å². The van der Waals surface area contributed by atoms with Gasteiger partial charge in [-0.05, 0) is 43.7 Å². The lowest BCUT2D eigenvalue weighted by Gasteiger charge is -2.28. The molecule has 1 fully saturated rings. The van der Waals surface area contributed by atoms with Crippen molar-refractivity contribution >= 4 is 28.5 Å². The number of ether oxygens (including phenoxy) is 1. The number of hydrogen-bond donors (Lipinski definition) is 0. The van der Waals surface area contributed by atoms with Crippen LogP contribution in [0, 0.1) is 0 Å². The van der Waals surface area contributed by atoms with Gasteiger partial charge in [0.1, 0.15) is 0 Å². The summed E-state index contributed by atoms with van der Waals surface area (Å²) in [7, 11) is 0. The fourth-order valence-electron chi connectivity index (χ4n) is 3.61. The molecular formula is C23H27N3O. The molecule has 1 atom stereocenters. The largest absolute Gasteiger partial charge is 0.378 e. The van der Waals surface area contributed by atoms with E-state index in [-0.39, 0.29) is 0 Å². The average molecular weight is 361 g/mol. The van der Waals surface area contributed by atoms with Gasteiger partial charge in [0.15, 0.2) is 0 Å². The number of aliphatic imine (C=N–C) groups is 1. The maximum atomic E-state index is 5.43. The van der Waals surface area contributed by atoms with E-state index in [9.17, 15) is 0 Å². The monoisotopic (exact) mass is 361 g/mol. The normalized spacial score (nSPS) is 16.3. The van der Waals surface area contributed by atoms with Gasteiger partial charge < -0.3 is 14.2 Å². The van der Waals surface area contributed by atoms with Crippen molar-refractivity contribution in [3.05, 3.63) is 60.3 Å². The summed E-state index contributed by atoms with van der Waals surface area (Å²) in [4.78, 5) is 7.09. The van der Waals surface area contributed by atoms with Gasteiger partial charge in [0, 0.05) is 53.7 Å². The third kappa shape index (κ3) is 3.76. The Labute approximate surface area is 161 Å². The highest BCUT2D eigenvalue weighted by Gasteiger charge is 2.11. The number of anilines is 1. The Hall–Kier alpha value is -2.59. The van der Waals surface area contributed by atoms with Crippen molar-refractivity contribution in [3.63, 3.8) is 0 Å². The minimum Gasteiger partial charge on any atom is -0.378 e. The van der Waals surface area contributed by atoms with E-state index in [1.807, 2.05) is 6.21 Å². The Morgan fingerprint density at radius 3 is 2.56 bits per heavy atom. The highest BCUT2D eigenvalue weighted by atomic mass is 16.5. The summed E-state index contributed by atoms with van der Waals surface area (Å²) in [5.74, 6) is 0. The number of morpholine rings is 1. The standard InChI is InChI=1S/C23H27N3O/c1-3-18(2)26-17-19(22-6-4-5-7-23(22)26)16-24-20-8-10-21(11-9-20)25-12-14-27-15-13-25/h4-11,16-18H,3,12-15H2,1-2H3/t18-/m0/s1. The van der Waals surface area contributed by atoms with Crippen LogP contribution < -0.4 is 4.90 Å². The molecule has 3 aromatic rings. The van der Waals surface area contributed by atoms with Crippen LogP contribution in [0.3, 0.4) is 0 Å². The first-order valence-corrected chi connectivity index (χ1v) is 9.82. The summed E-state index contributed by atoms with van der Waals surface area (Å²) < 4.78 is 7.79. The van der Waals surface area contributed by atoms with Gasteiger partial charge in [0.25, 0.3) is 0 Å². The molecule has 0 bridgehead atoms. The predicted molar refractivity (Wildman–Crippen MR) is 114 cm³/mol. The molecule has 27 heavy (non-hydrogen) atoms. The van der Waals surface area contributed by atoms with Gasteiger partial charge in [-0.1, -0.05) is 25.1 Å². The van der Waals surface area contributed by atoms with Gasteiger partial charge in [0.2, 0.25) is 0 Å². The van der Waals surface area contributed by atoms with E-state index in [1.54, 1.807) is 0 Å². The lowest BCUT2D eigenvalue weighted by Crippen LogP contribution is -2.36. The molecule has 0 unspecified atom stereocenters. The van der Waals surface area contributed by atoms with Gasteiger partial charge in [-0.2, -0.15) is 0 Å². The molecule has 0 radical (unpaired) electrons. The molecule has 0 saturated carbocycles. The zero-order valence-corrected chi connectivity index (χ0v) is 16.1. The van der Waals surface area contributed by atoms with E-state index >= 15 is 0 Å². The molecule has 1 aromatic heterocycles. The van der Waals surface area contributed by atoms with E-state index in [2.05, 4.69) is 78.0 Å². The summed E-state index contributed by atoms with van der Waals surface area (Å²) in [6.07, 6.45) is 5.33. The van der Waals surface area contributed by atoms with Crippen molar-refractivity contribution in [1.29, 1.82) is 0 Å². The SMILES string of the molecule is CC[C@H](C)n1cc(C=Nc2ccc(N3CCOCC3)cc2)c2ccccc21. The van der Waals surface area contributed by atoms with Gasteiger partial charge in [-0.3, -0.25) is 4.99 Å². The minimum atomic E-state index is 0.477. The zero-order valence-electron chi connectivity index (χ0n) is 16.1. The van der Waals surface area contributed by atoms with E-state index in [1.165, 1.54) is 22.2 Å². The highest BCUT2D eigenvalue weighted by Crippen LogP contribution is 2.26. The van der Waals surface area contributed by atoms with E-state index in [0.717, 1.165) is 38.4 Å². The number of hydrogen-bond acceptors (Lipinski definition) is 3. The van der Waals surface area contributed by atoms with Gasteiger partial charge >= 0.3 is 0 Å². The second-order valence-corrected chi connectivity index (χ2v) is 7.14. The highest BCUT2D eigenvalue weighted by molar-refractivity contribution is 6.00. The number of para-hydroxylation sites is 1. The van der Waals surface area contributed by atoms with Gasteiger partial charge in [-0.25, -0.2) is 0 Å². The third-order valence-corrected chi connectivity index (χ3v) is 5.42. The maximum Gasteiger partial charge on any atom is 0.0642 e. The number of rotatable bonds is 5. The molecule has 4 heteroatoms. The molecule has 0 N–H and O–H groups in total. The quantitative estimate of drug-likeness (QED) is 0.585. The van der Waals surface area contributed by atoms with Crippen LogP contribution in [0.15, 0.2) is 59.7 Å². The lowest BCUT2D eigenvalue weighted by molar-refractivity contribution is 0.122. The van der Waals surface area contributed by atoms with Crippen molar-refractivity contribution in [2.24, 2.45) is 4.99 Å². The smallest absolute Gasteiger partial charge is 0.0642 e. The lowest BCUT2D eigenvalue weighted by atomic mass is 10.2. The van der Waals surface area contributed by atoms with Crippen LogP contribution in [0.2, 0.25) is 0 Å². The van der Waals surface area contributed by atoms with Crippen LogP contribution in [0.4, 0.5) is 11.4 Å². The minimum absolute atomic E-state index is 0.477. The summed E-state index contributed by atoms with van der Waals surface area (Å²) in [6, 6.07) is 17.5. The molecule has 0 amide bonds. The summed E-state index contributed by atoms with van der Waals surface area (Å²) in [5, 5.41) is 1.26. The van der Waals surface area contributed by atoms with Crippen LogP contribution in [-0.2, 0) is 4.74 Å². The molecule has 140 valence electrons. The Kier molecular flexibility index (Phi) is 5.26. The topological polar surface area (TPSA) is 29.8 Å². The number of nitrogens with zero attached hydrogens (tertiary/aromatic N) is 3. The second kappa shape index (κ2) is 7.97. The maximum absolute atomic E-state index is 5.43. The molecule has 0 aliphatic carbocycles. The third-order valence-electron chi connectivity index (χ3n) is 5.42. The van der Waals surface area contributed by atoms with E-state index in [0.29, 0.717) is 6.04 Å². The van der Waals surface area contributed by atoms with Crippen molar-refractivity contribution in [2.45, 2.75) is 26.3 Å². The van der Waals surface area contributed by atoms with Crippen molar-refractivity contribution in [2.75, 3.05) is 31.2 Å². The van der Waals surface area contributed by atoms with Crippen LogP contribution in [0.5, 0.6) is 0 Å². The van der Waals surface area contributed by atoms with Crippen LogP contribution in [0.1, 0.15) is 31.9 Å². The number of aromatic nitrogens is 1. The molecule has 1 aliphatic rings. The molecular weight excluding hydrogens is 334 g/mol. The van der Waals surface area contributed by atoms with Crippen molar-refractivity contribution in [3.8, 4) is 0 Å². The summed E-state index contributed by atoms with van der Waals surface area (Å²) in [6.45, 7) is 8.01. The Morgan fingerprint density at radius 2 is 1.81 bits per heavy atom. The first-order chi connectivity index (χ1) is 13.3. The molecule has 4 rings (SSSR count). The molecule has 4 nitrogen and oxygen atoms in total. The van der Waals surface area contributed by atoms with Crippen molar-refractivity contribution in [1.82, 2.24) is 4.57 Å². The molecule has 0 spiro atoms. The zero-order chi connectivity index (χ0) is 18.6. The molecule has 2 heterocycles. The van der Waals surface area contributed by atoms with Gasteiger partial charge in [0.05, 0.1) is 18.9 Å². The number of fused-ring (bicyclic) bond motifs is 1. The van der Waals surface area contributed by atoms with Crippen molar-refractivity contribution < 1.29 is 4.74 Å². The Morgan fingerprint density at radius 1 is 1.07 bits per heavy atom. The number of benzene rings is 2. The predicted octanol–water partition coefficient (Wildman–Crippen LogP) is 5.20. The van der Waals surface area contributed by atoms with E-state index < -0.39 is 0 Å². The second-order valence-electron chi connectivity index (χ2n) is 7.14. The van der Waals surface area contributed by atoms with Crippen LogP contribution in [-0.4, -0.2) is 37.1 Å². The first kappa shape index (κ1) is 17.8. The summed E-state index contributed by atoms with van der Waals surface area (Å²) in [5.41, 5.74) is 4.66. The molecule has 2 aromatic carbocycles. The average Bonchev–Trinajstić information content (AvgIpc) is 3.11. The molecule has 1 saturated heterocycles. The fourth-order valence-corrected chi connectivity index (χ4v) is 3.61. The Bertz CT molecular complexity index is 920. The van der Waals surface area contributed by atoms with Crippen LogP contribution in [0.25, 0.3) is 10.9 Å². The Balaban J connectivity index is 1.57. The fraction of sp³-hybridized carbons (Fsp3) is 0.348. The van der Waals surface area contributed by atoms with E-state index in [4.69, 9.17) is 9.73 Å². The molecule has 1 aliphatic heterocycles. The van der Waals surface area contributed by atoms with Crippen LogP contribution >= 0.6 is 0 Å². The first-order valence-electron chi connectivity index (χ1n) is 9.82. The summed E-state index contributed by atoms with van der Waals surface area (Å²) >= 11 is 0.